The molecule has 2 aliphatic heterocycles. The van der Waals surface area contributed by atoms with Gasteiger partial charge in [0.25, 0.3) is 23.6 Å². The van der Waals surface area contributed by atoms with E-state index in [0.717, 1.165) is 59.4 Å². The first-order valence-corrected chi connectivity index (χ1v) is 21.9. The Morgan fingerprint density at radius 2 is 1.22 bits per heavy atom. The van der Waals surface area contributed by atoms with Gasteiger partial charge in [0.05, 0.1) is 33.4 Å². The molecule has 3 N–H and O–H groups in total. The van der Waals surface area contributed by atoms with Crippen LogP contribution in [-0.4, -0.2) is 42.5 Å². The summed E-state index contributed by atoms with van der Waals surface area (Å²) in [7, 11) is 0. The number of alkyl halides is 6. The van der Waals surface area contributed by atoms with Crippen molar-refractivity contribution in [1.29, 1.82) is 0 Å². The summed E-state index contributed by atoms with van der Waals surface area (Å²) in [5.74, 6) is -4.07. The minimum Gasteiger partial charge on any atom is -0.327 e. The number of imide groups is 2. The van der Waals surface area contributed by atoms with Gasteiger partial charge in [-0.05, 0) is 123 Å². The fourth-order valence-electron chi connectivity index (χ4n) is 9.95. The second-order valence-corrected chi connectivity index (χ2v) is 18.8. The molecule has 4 amide bonds. The average Bonchev–Trinajstić information content (AvgIpc) is 3.80. The minimum atomic E-state index is -6.09. The third-order valence-electron chi connectivity index (χ3n) is 13.1. The van der Waals surface area contributed by atoms with Crippen molar-refractivity contribution < 1.29 is 45.5 Å². The van der Waals surface area contributed by atoms with Crippen LogP contribution in [0.5, 0.6) is 0 Å². The summed E-state index contributed by atoms with van der Waals surface area (Å²) in [5, 5.41) is 1.86. The summed E-state index contributed by atoms with van der Waals surface area (Å²) in [6, 6.07) is 22.1. The summed E-state index contributed by atoms with van der Waals surface area (Å²) in [4.78, 5) is 53.5. The zero-order chi connectivity index (χ0) is 46.6. The maximum Gasteiger partial charge on any atom is 0.411 e. The van der Waals surface area contributed by atoms with Gasteiger partial charge in [0, 0.05) is 15.5 Å². The lowest BCUT2D eigenvalue weighted by atomic mass is 9.64. The lowest BCUT2D eigenvalue weighted by Gasteiger charge is -2.38. The van der Waals surface area contributed by atoms with E-state index in [9.17, 15) is 19.2 Å². The van der Waals surface area contributed by atoms with Crippen LogP contribution in [0.25, 0.3) is 11.1 Å². The fourth-order valence-corrected chi connectivity index (χ4v) is 10.7. The zero-order valence-corrected chi connectivity index (χ0v) is 37.5. The zero-order valence-electron chi connectivity index (χ0n) is 34.3. The molecule has 0 radical (unpaired) electrons. The van der Waals surface area contributed by atoms with Crippen LogP contribution < -0.4 is 16.0 Å². The molecule has 1 unspecified atom stereocenters. The molecule has 0 saturated carbocycles. The molecule has 5 aromatic carbocycles. The molecule has 9 rings (SSSR count). The van der Waals surface area contributed by atoms with Gasteiger partial charge < -0.3 is 5.73 Å². The number of carbonyl (C=O) groups is 4. The van der Waals surface area contributed by atoms with Crippen LogP contribution in [0.4, 0.5) is 32.0 Å². The normalized spacial score (nSPS) is 17.9. The highest BCUT2D eigenvalue weighted by Gasteiger charge is 2.73. The van der Waals surface area contributed by atoms with Gasteiger partial charge in [-0.15, -0.1) is 0 Å². The number of hydrogen-bond donors (Lipinski definition) is 2. The largest absolute Gasteiger partial charge is 0.411 e. The third-order valence-corrected chi connectivity index (χ3v) is 14.1. The molecule has 4 aliphatic rings. The Morgan fingerprint density at radius 3 is 1.75 bits per heavy atom. The van der Waals surface area contributed by atoms with Crippen molar-refractivity contribution in [3.05, 3.63) is 192 Å². The third kappa shape index (κ3) is 6.55. The molecule has 65 heavy (non-hydrogen) atoms. The Labute approximate surface area is 385 Å². The van der Waals surface area contributed by atoms with Gasteiger partial charge in [-0.3, -0.25) is 24.5 Å². The van der Waals surface area contributed by atoms with Crippen LogP contribution in [0, 0.1) is 11.3 Å². The molecule has 0 aromatic heterocycles. The van der Waals surface area contributed by atoms with Crippen LogP contribution in [0.3, 0.4) is 0 Å². The fraction of sp³-hybridized carbons (Fsp3) is 0.200. The summed E-state index contributed by atoms with van der Waals surface area (Å²) in [6.45, 7) is 4.72. The van der Waals surface area contributed by atoms with Crippen molar-refractivity contribution in [2.75, 3.05) is 11.4 Å². The van der Waals surface area contributed by atoms with Crippen molar-refractivity contribution >= 4 is 61.2 Å². The maximum absolute atomic E-state index is 15.2. The van der Waals surface area contributed by atoms with Gasteiger partial charge in [0.2, 0.25) is 5.41 Å². The topological polar surface area (TPSA) is 110 Å². The van der Waals surface area contributed by atoms with E-state index in [0.29, 0.717) is 37.2 Å². The Kier molecular flexibility index (Phi) is 10.5. The van der Waals surface area contributed by atoms with Crippen molar-refractivity contribution in [2.45, 2.75) is 43.5 Å². The number of halogens is 8. The van der Waals surface area contributed by atoms with Gasteiger partial charge in [0.1, 0.15) is 0 Å². The second-order valence-electron chi connectivity index (χ2n) is 17.0. The number of benzene rings is 5. The number of hydrogen-bond acceptors (Lipinski definition) is 5. The van der Waals surface area contributed by atoms with Crippen LogP contribution >= 0.6 is 31.9 Å². The van der Waals surface area contributed by atoms with Crippen LogP contribution in [0.1, 0.15) is 89.5 Å². The lowest BCUT2D eigenvalue weighted by Crippen LogP contribution is -2.55. The number of nitrogens with two attached hydrogens (primary N) is 1. The first-order valence-electron chi connectivity index (χ1n) is 20.3. The smallest absolute Gasteiger partial charge is 0.327 e. The van der Waals surface area contributed by atoms with Crippen LogP contribution in [-0.2, 0) is 10.8 Å². The number of carbonyl (C=O) groups excluding carboxylic acids is 4. The highest BCUT2D eigenvalue weighted by Crippen LogP contribution is 2.60. The summed E-state index contributed by atoms with van der Waals surface area (Å²) >= 11 is 7.37. The molecular formula is C50H35Br2F6N3O4. The van der Waals surface area contributed by atoms with Crippen molar-refractivity contribution in [3.63, 3.8) is 0 Å². The highest BCUT2D eigenvalue weighted by atomic mass is 79.9. The van der Waals surface area contributed by atoms with E-state index in [1.54, 1.807) is 12.1 Å². The monoisotopic (exact) mass is 1010 g/mol. The predicted molar refractivity (Wildman–Crippen MR) is 240 cm³/mol. The number of rotatable bonds is 8. The SMILES string of the molecule is CC(C)(C=CCN)C1C=CC(C2(c3ccc(N4C(=O)c5ccc(C(c6ccc7c(c6)C(=O)NC7=O)(C(F)(F)F)C(F)(F)F)cc5C4=O)cc3)c3cc(Br)ccc3-c3ccc(Br)cc32)=CC1. The van der Waals surface area contributed by atoms with Crippen molar-refractivity contribution in [3.8, 4) is 11.1 Å². The van der Waals surface area contributed by atoms with Crippen LogP contribution in [0.2, 0.25) is 0 Å². The molecule has 2 aliphatic carbocycles. The highest BCUT2D eigenvalue weighted by molar-refractivity contribution is 9.10. The Morgan fingerprint density at radius 1 is 0.692 bits per heavy atom. The molecule has 1 atom stereocenters. The van der Waals surface area contributed by atoms with E-state index in [-0.39, 0.29) is 17.0 Å². The van der Waals surface area contributed by atoms with E-state index in [4.69, 9.17) is 5.73 Å². The van der Waals surface area contributed by atoms with E-state index in [1.807, 2.05) is 35.7 Å². The van der Waals surface area contributed by atoms with E-state index >= 15 is 26.3 Å². The van der Waals surface area contributed by atoms with Crippen molar-refractivity contribution in [1.82, 2.24) is 5.32 Å². The quantitative estimate of drug-likeness (QED) is 0.0914. The summed E-state index contributed by atoms with van der Waals surface area (Å²) in [5.41, 5.74) is 0.604. The van der Waals surface area contributed by atoms with Gasteiger partial charge in [-0.2, -0.15) is 26.3 Å². The Bertz CT molecular complexity index is 2940. The molecule has 0 spiro atoms. The van der Waals surface area contributed by atoms with Gasteiger partial charge in [0.15, 0.2) is 0 Å². The van der Waals surface area contributed by atoms with E-state index < -0.39 is 80.2 Å². The first-order chi connectivity index (χ1) is 30.7. The molecule has 2 heterocycles. The molecule has 0 saturated heterocycles. The summed E-state index contributed by atoms with van der Waals surface area (Å²) < 4.78 is 93.1. The van der Waals surface area contributed by atoms with Gasteiger partial charge in [-0.1, -0.05) is 112 Å². The van der Waals surface area contributed by atoms with Gasteiger partial charge in [-0.25, -0.2) is 4.90 Å². The standard InChI is InChI=1S/C50H35Br2F6N3O4/c1-46(2,20-3-21-59)26-4-6-27(7-5-26)47(40-24-31(51)12-18-34(40)35-19-13-32(52)25-41(35)47)28-8-14-33(15-9-28)61-44(64)37-17-11-30(23-39(37)45(61)65)48(49(53,54)55,50(56,57)58)29-10-16-36-38(22-29)43(63)60-42(36)62/h3-4,6-20,22-26H,5,21,59H2,1-2H3,(H,60,62,63). The van der Waals surface area contributed by atoms with Crippen LogP contribution in [0.15, 0.2) is 142 Å². The minimum absolute atomic E-state index is 0.0347. The Balaban J connectivity index is 1.14. The number of nitrogens with zero attached hydrogens (tertiary/aromatic N) is 1. The molecule has 7 nitrogen and oxygen atoms in total. The van der Waals surface area contributed by atoms with E-state index in [1.165, 1.54) is 12.1 Å². The molecule has 330 valence electrons. The molecule has 0 bridgehead atoms. The predicted octanol–water partition coefficient (Wildman–Crippen LogP) is 11.7. The second kappa shape index (κ2) is 15.3. The number of fused-ring (bicyclic) bond motifs is 5. The molecular weight excluding hydrogens is 980 g/mol. The van der Waals surface area contributed by atoms with Gasteiger partial charge >= 0.3 is 12.4 Å². The molecule has 15 heteroatoms. The number of nitrogens with one attached hydrogen (secondary N) is 1. The molecule has 0 fully saturated rings. The lowest BCUT2D eigenvalue weighted by molar-refractivity contribution is -0.288. The number of anilines is 1. The average molecular weight is 1020 g/mol. The summed E-state index contributed by atoms with van der Waals surface area (Å²) in [6.07, 6.45) is -0.874. The maximum atomic E-state index is 15.2. The van der Waals surface area contributed by atoms with E-state index in [2.05, 4.69) is 82.1 Å². The van der Waals surface area contributed by atoms with Crippen molar-refractivity contribution in [2.24, 2.45) is 17.1 Å². The number of amides is 4. The molecule has 5 aromatic rings. The Hall–Kier alpha value is -5.90. The first kappa shape index (κ1) is 44.3. The number of allylic oxidation sites excluding steroid dienone is 5.